The third-order valence-electron chi connectivity index (χ3n) is 3.83. The lowest BCUT2D eigenvalue weighted by Crippen LogP contribution is -2.32. The molecule has 3 aromatic rings. The molecule has 0 bridgehead atoms. The van der Waals surface area contributed by atoms with Gasteiger partial charge in [-0.1, -0.05) is 54.5 Å². The molecule has 1 N–H and O–H groups in total. The number of nitrogens with zero attached hydrogens (tertiary/aromatic N) is 2. The van der Waals surface area contributed by atoms with E-state index >= 15 is 0 Å². The van der Waals surface area contributed by atoms with Crippen LogP contribution in [0.4, 0.5) is 11.4 Å². The molecule has 0 unspecified atom stereocenters. The first kappa shape index (κ1) is 18.9. The number of azo groups is 1. The highest BCUT2D eigenvalue weighted by Crippen LogP contribution is 2.25. The molecule has 0 radical (unpaired) electrons. The van der Waals surface area contributed by atoms with Gasteiger partial charge in [0.15, 0.2) is 0 Å². The third-order valence-corrected chi connectivity index (χ3v) is 3.83. The van der Waals surface area contributed by atoms with E-state index in [1.807, 2.05) is 60.7 Å². The fraction of sp³-hybridized carbons (Fsp3) is 0.0870. The number of ether oxygens (including phenoxy) is 1. The summed E-state index contributed by atoms with van der Waals surface area (Å²) >= 11 is 0. The first-order valence-corrected chi connectivity index (χ1v) is 8.76. The van der Waals surface area contributed by atoms with Crippen LogP contribution in [0.2, 0.25) is 0 Å². The maximum Gasteiger partial charge on any atom is 0.266 e. The number of rotatable bonds is 7. The molecule has 28 heavy (non-hydrogen) atoms. The lowest BCUT2D eigenvalue weighted by molar-refractivity contribution is -0.128. The molecule has 0 saturated carbocycles. The highest BCUT2D eigenvalue weighted by molar-refractivity contribution is 5.82. The zero-order chi connectivity index (χ0) is 19.6. The Balaban J connectivity index is 1.73. The van der Waals surface area contributed by atoms with Gasteiger partial charge < -0.3 is 10.1 Å². The van der Waals surface area contributed by atoms with Gasteiger partial charge in [0, 0.05) is 5.56 Å². The minimum absolute atomic E-state index is 0.143. The summed E-state index contributed by atoms with van der Waals surface area (Å²) in [6, 6.07) is 25.8. The summed E-state index contributed by atoms with van der Waals surface area (Å²) < 4.78 is 5.92. The van der Waals surface area contributed by atoms with Crippen molar-refractivity contribution in [3.63, 3.8) is 0 Å². The predicted molar refractivity (Wildman–Crippen MR) is 109 cm³/mol. The minimum atomic E-state index is -0.800. The van der Waals surface area contributed by atoms with Crippen LogP contribution >= 0.6 is 0 Å². The van der Waals surface area contributed by atoms with E-state index in [1.54, 1.807) is 24.3 Å². The lowest BCUT2D eigenvalue weighted by Gasteiger charge is -2.18. The van der Waals surface area contributed by atoms with Crippen molar-refractivity contribution < 1.29 is 9.53 Å². The van der Waals surface area contributed by atoms with Crippen LogP contribution in [0, 0.1) is 12.3 Å². The third kappa shape index (κ3) is 5.29. The Morgan fingerprint density at radius 1 is 0.893 bits per heavy atom. The Hall–Kier alpha value is -3.91. The van der Waals surface area contributed by atoms with E-state index in [9.17, 15) is 4.79 Å². The molecule has 3 rings (SSSR count). The summed E-state index contributed by atoms with van der Waals surface area (Å²) in [6.07, 6.45) is 4.43. The van der Waals surface area contributed by atoms with Crippen LogP contribution in [0.3, 0.4) is 0 Å². The van der Waals surface area contributed by atoms with Crippen LogP contribution in [-0.4, -0.2) is 12.5 Å². The van der Waals surface area contributed by atoms with E-state index in [4.69, 9.17) is 11.2 Å². The highest BCUT2D eigenvalue weighted by Gasteiger charge is 2.22. The largest absolute Gasteiger partial charge is 0.476 e. The van der Waals surface area contributed by atoms with Crippen LogP contribution in [0.15, 0.2) is 95.2 Å². The number of hydrogen-bond donors (Lipinski definition) is 1. The second-order valence-corrected chi connectivity index (χ2v) is 5.86. The zero-order valence-electron chi connectivity index (χ0n) is 15.2. The predicted octanol–water partition coefficient (Wildman–Crippen LogP) is 4.97. The van der Waals surface area contributed by atoms with Crippen molar-refractivity contribution in [3.05, 3.63) is 90.5 Å². The maximum atomic E-state index is 12.5. The number of carbonyl (C=O) groups excluding carboxylic acids is 1. The number of hydrogen-bond acceptors (Lipinski definition) is 4. The average molecular weight is 369 g/mol. The Morgan fingerprint density at radius 2 is 1.46 bits per heavy atom. The number of terminal acetylenes is 1. The van der Waals surface area contributed by atoms with Gasteiger partial charge in [-0.05, 0) is 36.4 Å². The standard InChI is InChI=1S/C23H19N3O2/c1-2-17-24-23(27)22(18-9-5-3-6-10-18)28-21-15-13-20(14-16-21)26-25-19-11-7-4-8-12-19/h1,3-16,22H,17H2,(H,24,27)/t22-/m0/s1. The monoisotopic (exact) mass is 369 g/mol. The fourth-order valence-electron chi connectivity index (χ4n) is 2.47. The lowest BCUT2D eigenvalue weighted by atomic mass is 10.1. The van der Waals surface area contributed by atoms with Gasteiger partial charge in [0.25, 0.3) is 5.91 Å². The Morgan fingerprint density at radius 3 is 2.07 bits per heavy atom. The van der Waals surface area contributed by atoms with Crippen LogP contribution in [0.25, 0.3) is 0 Å². The average Bonchev–Trinajstić information content (AvgIpc) is 2.76. The Kier molecular flexibility index (Phi) is 6.53. The van der Waals surface area contributed by atoms with E-state index < -0.39 is 6.10 Å². The quantitative estimate of drug-likeness (QED) is 0.472. The maximum absolute atomic E-state index is 12.5. The van der Waals surface area contributed by atoms with Crippen LogP contribution < -0.4 is 10.1 Å². The van der Waals surface area contributed by atoms with Gasteiger partial charge in [0.2, 0.25) is 6.10 Å². The van der Waals surface area contributed by atoms with Crippen molar-refractivity contribution in [2.75, 3.05) is 6.54 Å². The topological polar surface area (TPSA) is 63.0 Å². The number of carbonyl (C=O) groups is 1. The molecular weight excluding hydrogens is 350 g/mol. The van der Waals surface area contributed by atoms with Gasteiger partial charge >= 0.3 is 0 Å². The van der Waals surface area contributed by atoms with Crippen LogP contribution in [0.5, 0.6) is 5.75 Å². The summed E-state index contributed by atoms with van der Waals surface area (Å²) in [5.41, 5.74) is 2.20. The van der Waals surface area contributed by atoms with Crippen LogP contribution in [0.1, 0.15) is 11.7 Å². The van der Waals surface area contributed by atoms with E-state index in [0.717, 1.165) is 11.3 Å². The first-order valence-electron chi connectivity index (χ1n) is 8.76. The van der Waals surface area contributed by atoms with Gasteiger partial charge in [0.1, 0.15) is 5.75 Å². The van der Waals surface area contributed by atoms with E-state index in [2.05, 4.69) is 21.5 Å². The highest BCUT2D eigenvalue weighted by atomic mass is 16.5. The molecule has 0 aliphatic carbocycles. The summed E-state index contributed by atoms with van der Waals surface area (Å²) in [4.78, 5) is 12.5. The Bertz CT molecular complexity index is 962. The van der Waals surface area contributed by atoms with Crippen molar-refractivity contribution in [1.29, 1.82) is 0 Å². The summed E-state index contributed by atoms with van der Waals surface area (Å²) in [6.45, 7) is 0.143. The van der Waals surface area contributed by atoms with E-state index in [0.29, 0.717) is 11.4 Å². The van der Waals surface area contributed by atoms with E-state index in [-0.39, 0.29) is 12.5 Å². The van der Waals surface area contributed by atoms with Crippen molar-refractivity contribution >= 4 is 17.3 Å². The number of nitrogens with one attached hydrogen (secondary N) is 1. The van der Waals surface area contributed by atoms with Gasteiger partial charge in [-0.15, -0.1) is 6.42 Å². The van der Waals surface area contributed by atoms with Crippen molar-refractivity contribution in [2.45, 2.75) is 6.10 Å². The molecule has 0 aliphatic rings. The number of benzene rings is 3. The molecule has 5 heteroatoms. The molecule has 1 atom stereocenters. The normalized spacial score (nSPS) is 11.5. The fourth-order valence-corrected chi connectivity index (χ4v) is 2.47. The van der Waals surface area contributed by atoms with Crippen molar-refractivity contribution in [2.24, 2.45) is 10.2 Å². The summed E-state index contributed by atoms with van der Waals surface area (Å²) in [5.74, 6) is 2.64. The molecule has 0 fully saturated rings. The summed E-state index contributed by atoms with van der Waals surface area (Å²) in [7, 11) is 0. The van der Waals surface area contributed by atoms with Gasteiger partial charge in [-0.25, -0.2) is 0 Å². The van der Waals surface area contributed by atoms with E-state index in [1.165, 1.54) is 0 Å². The van der Waals surface area contributed by atoms with Gasteiger partial charge in [-0.2, -0.15) is 10.2 Å². The second-order valence-electron chi connectivity index (χ2n) is 5.86. The first-order chi connectivity index (χ1) is 13.8. The van der Waals surface area contributed by atoms with Gasteiger partial charge in [0.05, 0.1) is 17.9 Å². The molecule has 3 aromatic carbocycles. The zero-order valence-corrected chi connectivity index (χ0v) is 15.2. The second kappa shape index (κ2) is 9.70. The Labute approximate surface area is 164 Å². The molecule has 0 spiro atoms. The van der Waals surface area contributed by atoms with Gasteiger partial charge in [-0.3, -0.25) is 4.79 Å². The smallest absolute Gasteiger partial charge is 0.266 e. The van der Waals surface area contributed by atoms with Crippen molar-refractivity contribution in [3.8, 4) is 18.1 Å². The molecule has 0 heterocycles. The molecule has 0 aromatic heterocycles. The molecule has 0 aliphatic heterocycles. The molecule has 138 valence electrons. The molecule has 0 saturated heterocycles. The summed E-state index contributed by atoms with van der Waals surface area (Å²) in [5, 5.41) is 11.0. The number of amides is 1. The molecular formula is C23H19N3O2. The molecule has 5 nitrogen and oxygen atoms in total. The van der Waals surface area contributed by atoms with Crippen LogP contribution in [-0.2, 0) is 4.79 Å². The molecule has 1 amide bonds. The van der Waals surface area contributed by atoms with Crippen molar-refractivity contribution in [1.82, 2.24) is 5.32 Å². The minimum Gasteiger partial charge on any atom is -0.476 e. The SMILES string of the molecule is C#CCNC(=O)[C@@H](Oc1ccc(N=Nc2ccccc2)cc1)c1ccccc1.